The fourth-order valence-corrected chi connectivity index (χ4v) is 5.00. The molecule has 7 heteroatoms. The van der Waals surface area contributed by atoms with Gasteiger partial charge in [0.05, 0.1) is 32.4 Å². The Bertz CT molecular complexity index is 1430. The Kier molecular flexibility index (Phi) is 7.06. The molecule has 0 saturated heterocycles. The van der Waals surface area contributed by atoms with Crippen LogP contribution in [-0.4, -0.2) is 49.0 Å². The molecule has 1 aliphatic rings. The van der Waals surface area contributed by atoms with E-state index in [0.717, 1.165) is 46.0 Å². The van der Waals surface area contributed by atoms with E-state index in [1.165, 1.54) is 0 Å². The van der Waals surface area contributed by atoms with Crippen molar-refractivity contribution in [3.8, 4) is 28.4 Å². The van der Waals surface area contributed by atoms with E-state index < -0.39 is 6.04 Å². The van der Waals surface area contributed by atoms with E-state index in [1.54, 1.807) is 14.2 Å². The zero-order valence-corrected chi connectivity index (χ0v) is 21.3. The maximum atomic E-state index is 13.6. The first-order valence-corrected chi connectivity index (χ1v) is 12.6. The summed E-state index contributed by atoms with van der Waals surface area (Å²) < 4.78 is 17.1. The van der Waals surface area contributed by atoms with Gasteiger partial charge in [0.15, 0.2) is 11.5 Å². The molecule has 0 spiro atoms. The minimum atomic E-state index is -0.449. The van der Waals surface area contributed by atoms with E-state index in [0.29, 0.717) is 29.2 Å². The van der Waals surface area contributed by atoms with Crippen LogP contribution >= 0.6 is 0 Å². The summed E-state index contributed by atoms with van der Waals surface area (Å²) in [7, 11) is 3.21. The molecular formula is C30H32N2O5. The van der Waals surface area contributed by atoms with Crippen molar-refractivity contribution < 1.29 is 24.1 Å². The smallest absolute Gasteiger partial charge is 0.255 e. The van der Waals surface area contributed by atoms with E-state index in [-0.39, 0.29) is 18.6 Å². The zero-order chi connectivity index (χ0) is 25.9. The molecule has 0 aliphatic carbocycles. The number of hydrogen-bond donors (Lipinski definition) is 3. The highest BCUT2D eigenvalue weighted by Crippen LogP contribution is 2.39. The number of fused-ring (bicyclic) bond motifs is 2. The van der Waals surface area contributed by atoms with Crippen LogP contribution in [-0.2, 0) is 12.8 Å². The minimum absolute atomic E-state index is 0.0297. The number of rotatable bonds is 9. The second kappa shape index (κ2) is 10.6. The predicted octanol–water partition coefficient (Wildman–Crippen LogP) is 4.90. The normalized spacial score (nSPS) is 15.2. The number of carbonyl (C=O) groups excluding carboxylic acids is 1. The van der Waals surface area contributed by atoms with Crippen molar-refractivity contribution in [3.05, 3.63) is 77.5 Å². The van der Waals surface area contributed by atoms with E-state index in [4.69, 9.17) is 14.2 Å². The highest BCUT2D eigenvalue weighted by molar-refractivity contribution is 5.99. The van der Waals surface area contributed by atoms with Crippen LogP contribution in [0.15, 0.2) is 60.8 Å². The van der Waals surface area contributed by atoms with Gasteiger partial charge in [-0.25, -0.2) is 0 Å². The van der Waals surface area contributed by atoms with Crippen LogP contribution in [0.2, 0.25) is 0 Å². The van der Waals surface area contributed by atoms with Gasteiger partial charge in [0.25, 0.3) is 5.91 Å². The van der Waals surface area contributed by atoms with E-state index >= 15 is 0 Å². The summed E-state index contributed by atoms with van der Waals surface area (Å²) in [4.78, 5) is 16.9. The first-order valence-electron chi connectivity index (χ1n) is 12.6. The molecule has 192 valence electrons. The van der Waals surface area contributed by atoms with Gasteiger partial charge in [0.2, 0.25) is 0 Å². The molecule has 1 aliphatic heterocycles. The molecule has 4 aromatic rings. The second-order valence-electron chi connectivity index (χ2n) is 9.35. The first-order chi connectivity index (χ1) is 18.0. The van der Waals surface area contributed by atoms with Gasteiger partial charge in [0, 0.05) is 23.5 Å². The fourth-order valence-electron chi connectivity index (χ4n) is 5.00. The highest BCUT2D eigenvalue weighted by Gasteiger charge is 2.29. The Morgan fingerprint density at radius 2 is 1.92 bits per heavy atom. The average Bonchev–Trinajstić information content (AvgIpc) is 3.55. The van der Waals surface area contributed by atoms with Crippen molar-refractivity contribution in [2.45, 2.75) is 38.3 Å². The molecule has 2 atom stereocenters. The van der Waals surface area contributed by atoms with Gasteiger partial charge < -0.3 is 29.6 Å². The van der Waals surface area contributed by atoms with E-state index in [9.17, 15) is 9.90 Å². The van der Waals surface area contributed by atoms with Gasteiger partial charge in [-0.05, 0) is 65.4 Å². The number of benzene rings is 3. The first kappa shape index (κ1) is 24.7. The molecule has 7 nitrogen and oxygen atoms in total. The summed E-state index contributed by atoms with van der Waals surface area (Å²) in [6.45, 7) is 1.90. The van der Waals surface area contributed by atoms with Gasteiger partial charge in [-0.2, -0.15) is 0 Å². The number of nitrogens with one attached hydrogen (secondary N) is 2. The Morgan fingerprint density at radius 3 is 2.68 bits per heavy atom. The molecule has 2 heterocycles. The standard InChI is InChI=1S/C30H32N2O5/c1-4-23-13-20-11-19(18-9-10-27(35-2)28(15-18)36-3)14-25(29(20)37-23)30(34)32-22(17-33)12-21-16-31-26-8-6-5-7-24(21)26/h5-11,14-16,22-23,31,33H,4,12-13,17H2,1-3H3,(H,32,34)/t22-,23+/m1/s1. The van der Waals surface area contributed by atoms with Gasteiger partial charge in [0.1, 0.15) is 11.9 Å². The van der Waals surface area contributed by atoms with Crippen molar-refractivity contribution in [2.24, 2.45) is 0 Å². The number of aliphatic hydroxyl groups excluding tert-OH is 1. The summed E-state index contributed by atoms with van der Waals surface area (Å²) in [5.74, 6) is 1.61. The number of methoxy groups -OCH3 is 2. The largest absolute Gasteiger partial charge is 0.493 e. The van der Waals surface area contributed by atoms with Crippen molar-refractivity contribution in [2.75, 3.05) is 20.8 Å². The lowest BCUT2D eigenvalue weighted by molar-refractivity contribution is 0.0911. The van der Waals surface area contributed by atoms with Crippen molar-refractivity contribution >= 4 is 16.8 Å². The molecule has 0 unspecified atom stereocenters. The van der Waals surface area contributed by atoms with Gasteiger partial charge in [-0.1, -0.05) is 31.2 Å². The fraction of sp³-hybridized carbons (Fsp3) is 0.300. The Balaban J connectivity index is 1.46. The van der Waals surface area contributed by atoms with Crippen molar-refractivity contribution in [1.29, 1.82) is 0 Å². The molecule has 3 aromatic carbocycles. The zero-order valence-electron chi connectivity index (χ0n) is 21.3. The Labute approximate surface area is 216 Å². The maximum absolute atomic E-state index is 13.6. The van der Waals surface area contributed by atoms with Crippen LogP contribution in [0.25, 0.3) is 22.0 Å². The van der Waals surface area contributed by atoms with Crippen LogP contribution in [0.3, 0.4) is 0 Å². The van der Waals surface area contributed by atoms with Crippen LogP contribution < -0.4 is 19.5 Å². The van der Waals surface area contributed by atoms with Crippen LogP contribution in [0.4, 0.5) is 0 Å². The molecule has 1 aromatic heterocycles. The molecule has 0 saturated carbocycles. The lowest BCUT2D eigenvalue weighted by atomic mass is 9.96. The number of hydrogen-bond acceptors (Lipinski definition) is 5. The second-order valence-corrected chi connectivity index (χ2v) is 9.35. The minimum Gasteiger partial charge on any atom is -0.493 e. The average molecular weight is 501 g/mol. The number of aromatic nitrogens is 1. The molecular weight excluding hydrogens is 468 g/mol. The number of amides is 1. The highest BCUT2D eigenvalue weighted by atomic mass is 16.5. The number of aromatic amines is 1. The van der Waals surface area contributed by atoms with Crippen LogP contribution in [0.1, 0.15) is 34.8 Å². The lowest BCUT2D eigenvalue weighted by Gasteiger charge is -2.18. The summed E-state index contributed by atoms with van der Waals surface area (Å²) in [6.07, 6.45) is 4.06. The molecule has 0 bridgehead atoms. The molecule has 37 heavy (non-hydrogen) atoms. The molecule has 0 fully saturated rings. The number of H-pyrrole nitrogens is 1. The predicted molar refractivity (Wildman–Crippen MR) is 144 cm³/mol. The van der Waals surface area contributed by atoms with Crippen molar-refractivity contribution in [3.63, 3.8) is 0 Å². The number of aliphatic hydroxyl groups is 1. The lowest BCUT2D eigenvalue weighted by Crippen LogP contribution is -2.39. The Hall–Kier alpha value is -3.97. The molecule has 5 rings (SSSR count). The Morgan fingerprint density at radius 1 is 1.11 bits per heavy atom. The monoisotopic (exact) mass is 500 g/mol. The number of carbonyl (C=O) groups is 1. The number of ether oxygens (including phenoxy) is 3. The third-order valence-corrected chi connectivity index (χ3v) is 7.01. The molecule has 1 amide bonds. The topological polar surface area (TPSA) is 92.8 Å². The van der Waals surface area contributed by atoms with E-state index in [2.05, 4.69) is 23.3 Å². The van der Waals surface area contributed by atoms with Gasteiger partial charge >= 0.3 is 0 Å². The van der Waals surface area contributed by atoms with Gasteiger partial charge in [-0.3, -0.25) is 4.79 Å². The summed E-state index contributed by atoms with van der Waals surface area (Å²) in [5.41, 5.74) is 5.34. The third kappa shape index (κ3) is 4.87. The molecule has 0 radical (unpaired) electrons. The van der Waals surface area contributed by atoms with Gasteiger partial charge in [-0.15, -0.1) is 0 Å². The number of para-hydroxylation sites is 1. The molecule has 3 N–H and O–H groups in total. The van der Waals surface area contributed by atoms with Crippen LogP contribution in [0.5, 0.6) is 17.2 Å². The SMILES string of the molecule is CC[C@H]1Cc2cc(-c3ccc(OC)c(OC)c3)cc(C(=O)N[C@@H](CO)Cc3c[nH]c4ccccc34)c2O1. The maximum Gasteiger partial charge on any atom is 0.255 e. The quantitative estimate of drug-likeness (QED) is 0.304. The van der Waals surface area contributed by atoms with E-state index in [1.807, 2.05) is 54.7 Å². The van der Waals surface area contributed by atoms with Crippen molar-refractivity contribution in [1.82, 2.24) is 10.3 Å². The summed E-state index contributed by atoms with van der Waals surface area (Å²) in [6, 6.07) is 17.2. The summed E-state index contributed by atoms with van der Waals surface area (Å²) >= 11 is 0. The summed E-state index contributed by atoms with van der Waals surface area (Å²) in [5, 5.41) is 14.2. The third-order valence-electron chi connectivity index (χ3n) is 7.01. The van der Waals surface area contributed by atoms with Crippen LogP contribution in [0, 0.1) is 0 Å².